The van der Waals surface area contributed by atoms with Gasteiger partial charge in [-0.15, -0.1) is 0 Å². The number of rotatable bonds is 3. The molecule has 0 saturated heterocycles. The second-order valence-electron chi connectivity index (χ2n) is 3.84. The summed E-state index contributed by atoms with van der Waals surface area (Å²) in [6.45, 7) is 0. The zero-order chi connectivity index (χ0) is 11.4. The standard InChI is InChI=1S/C10H15ClN4O/c1-12-9-13-8(11)14-10(15-9)16-7-5-3-2-4-6-7/h7H,2-6H2,1H3,(H,12,13,14,15). The van der Waals surface area contributed by atoms with E-state index in [-0.39, 0.29) is 11.4 Å². The third-order valence-corrected chi connectivity index (χ3v) is 2.80. The minimum Gasteiger partial charge on any atom is -0.460 e. The number of anilines is 1. The summed E-state index contributed by atoms with van der Waals surface area (Å²) in [7, 11) is 1.73. The highest BCUT2D eigenvalue weighted by Gasteiger charge is 2.16. The molecule has 2 rings (SSSR count). The van der Waals surface area contributed by atoms with Gasteiger partial charge in [-0.05, 0) is 37.3 Å². The molecule has 0 spiro atoms. The Hall–Kier alpha value is -1.10. The third kappa shape index (κ3) is 2.95. The van der Waals surface area contributed by atoms with Gasteiger partial charge in [0.2, 0.25) is 11.2 Å². The SMILES string of the molecule is CNc1nc(Cl)nc(OC2CCCCC2)n1. The Morgan fingerprint density at radius 3 is 2.62 bits per heavy atom. The van der Waals surface area contributed by atoms with Gasteiger partial charge in [-0.1, -0.05) is 6.42 Å². The molecule has 1 aliphatic rings. The predicted octanol–water partition coefficient (Wildman–Crippen LogP) is 2.28. The summed E-state index contributed by atoms with van der Waals surface area (Å²) in [5.41, 5.74) is 0. The van der Waals surface area contributed by atoms with Crippen LogP contribution in [0.2, 0.25) is 5.28 Å². The normalized spacial score (nSPS) is 17.1. The molecule has 1 N–H and O–H groups in total. The Kier molecular flexibility index (Phi) is 3.77. The fourth-order valence-electron chi connectivity index (χ4n) is 1.83. The Morgan fingerprint density at radius 1 is 1.19 bits per heavy atom. The molecule has 1 fully saturated rings. The molecule has 88 valence electrons. The molecule has 0 aromatic carbocycles. The number of halogens is 1. The van der Waals surface area contributed by atoms with Crippen molar-refractivity contribution < 1.29 is 4.74 Å². The first-order chi connectivity index (χ1) is 7.78. The Labute approximate surface area is 99.6 Å². The maximum Gasteiger partial charge on any atom is 0.322 e. The van der Waals surface area contributed by atoms with E-state index >= 15 is 0 Å². The molecule has 5 nitrogen and oxygen atoms in total. The molecule has 0 aliphatic heterocycles. The van der Waals surface area contributed by atoms with Crippen molar-refractivity contribution in [1.29, 1.82) is 0 Å². The second-order valence-corrected chi connectivity index (χ2v) is 4.18. The first-order valence-corrected chi connectivity index (χ1v) is 5.91. The molecule has 0 radical (unpaired) electrons. The van der Waals surface area contributed by atoms with Gasteiger partial charge < -0.3 is 10.1 Å². The molecule has 16 heavy (non-hydrogen) atoms. The van der Waals surface area contributed by atoms with Crippen molar-refractivity contribution in [2.45, 2.75) is 38.2 Å². The highest BCUT2D eigenvalue weighted by molar-refractivity contribution is 6.28. The summed E-state index contributed by atoms with van der Waals surface area (Å²) in [5, 5.41) is 2.98. The average molecular weight is 243 g/mol. The number of aromatic nitrogens is 3. The Morgan fingerprint density at radius 2 is 1.94 bits per heavy atom. The summed E-state index contributed by atoms with van der Waals surface area (Å²) in [6.07, 6.45) is 6.07. The Bertz CT molecular complexity index is 355. The van der Waals surface area contributed by atoms with Gasteiger partial charge >= 0.3 is 6.01 Å². The highest BCUT2D eigenvalue weighted by atomic mass is 35.5. The van der Waals surface area contributed by atoms with Crippen LogP contribution in [0.4, 0.5) is 5.95 Å². The quantitative estimate of drug-likeness (QED) is 0.881. The predicted molar refractivity (Wildman–Crippen MR) is 61.9 cm³/mol. The molecule has 0 atom stereocenters. The molecule has 6 heteroatoms. The van der Waals surface area contributed by atoms with E-state index in [0.717, 1.165) is 12.8 Å². The first-order valence-electron chi connectivity index (χ1n) is 5.54. The van der Waals surface area contributed by atoms with E-state index in [4.69, 9.17) is 16.3 Å². The molecular weight excluding hydrogens is 228 g/mol. The van der Waals surface area contributed by atoms with Crippen LogP contribution in [0.5, 0.6) is 6.01 Å². The number of hydrogen-bond acceptors (Lipinski definition) is 5. The summed E-state index contributed by atoms with van der Waals surface area (Å²) in [4.78, 5) is 12.0. The van der Waals surface area contributed by atoms with Crippen LogP contribution >= 0.6 is 11.6 Å². The maximum atomic E-state index is 5.76. The van der Waals surface area contributed by atoms with Crippen LogP contribution in [0.3, 0.4) is 0 Å². The lowest BCUT2D eigenvalue weighted by atomic mass is 9.98. The lowest BCUT2D eigenvalue weighted by molar-refractivity contribution is 0.141. The van der Waals surface area contributed by atoms with Crippen LogP contribution in [0, 0.1) is 0 Å². The minimum absolute atomic E-state index is 0.158. The zero-order valence-electron chi connectivity index (χ0n) is 9.24. The third-order valence-electron chi connectivity index (χ3n) is 2.64. The van der Waals surface area contributed by atoms with Gasteiger partial charge in [0.05, 0.1) is 0 Å². The van der Waals surface area contributed by atoms with Crippen molar-refractivity contribution >= 4 is 17.5 Å². The topological polar surface area (TPSA) is 59.9 Å². The van der Waals surface area contributed by atoms with E-state index in [2.05, 4.69) is 20.3 Å². The summed E-state index contributed by atoms with van der Waals surface area (Å²) >= 11 is 5.76. The summed E-state index contributed by atoms with van der Waals surface area (Å²) < 4.78 is 5.69. The first kappa shape index (κ1) is 11.4. The van der Waals surface area contributed by atoms with Crippen LogP contribution in [-0.4, -0.2) is 28.1 Å². The lowest BCUT2D eigenvalue weighted by Crippen LogP contribution is -2.21. The van der Waals surface area contributed by atoms with Crippen molar-refractivity contribution in [2.24, 2.45) is 0 Å². The van der Waals surface area contributed by atoms with Crippen molar-refractivity contribution in [3.8, 4) is 6.01 Å². The molecular formula is C10H15ClN4O. The number of hydrogen-bond donors (Lipinski definition) is 1. The van der Waals surface area contributed by atoms with Crippen molar-refractivity contribution in [3.63, 3.8) is 0 Å². The number of nitrogens with one attached hydrogen (secondary N) is 1. The molecule has 1 saturated carbocycles. The molecule has 1 aromatic heterocycles. The van der Waals surface area contributed by atoms with Crippen molar-refractivity contribution in [3.05, 3.63) is 5.28 Å². The van der Waals surface area contributed by atoms with Gasteiger partial charge in [0.25, 0.3) is 0 Å². The highest BCUT2D eigenvalue weighted by Crippen LogP contribution is 2.22. The molecule has 0 unspecified atom stereocenters. The summed E-state index contributed by atoms with van der Waals surface area (Å²) in [6, 6.07) is 0.316. The second kappa shape index (κ2) is 5.30. The van der Waals surface area contributed by atoms with Gasteiger partial charge in [-0.25, -0.2) is 0 Å². The van der Waals surface area contributed by atoms with Crippen molar-refractivity contribution in [2.75, 3.05) is 12.4 Å². The summed E-state index contributed by atoms with van der Waals surface area (Å²) in [5.74, 6) is 0.436. The number of nitrogens with zero attached hydrogens (tertiary/aromatic N) is 3. The van der Waals surface area contributed by atoms with Crippen molar-refractivity contribution in [1.82, 2.24) is 15.0 Å². The van der Waals surface area contributed by atoms with E-state index in [9.17, 15) is 0 Å². The van der Waals surface area contributed by atoms with E-state index in [1.54, 1.807) is 7.05 Å². The number of ether oxygens (including phenoxy) is 1. The van der Waals surface area contributed by atoms with E-state index in [0.29, 0.717) is 12.0 Å². The van der Waals surface area contributed by atoms with Crippen LogP contribution in [0.15, 0.2) is 0 Å². The van der Waals surface area contributed by atoms with Gasteiger partial charge in [0.15, 0.2) is 0 Å². The molecule has 1 aliphatic carbocycles. The fraction of sp³-hybridized carbons (Fsp3) is 0.700. The monoisotopic (exact) mass is 242 g/mol. The van der Waals surface area contributed by atoms with Crippen LogP contribution < -0.4 is 10.1 Å². The van der Waals surface area contributed by atoms with Crippen LogP contribution in [-0.2, 0) is 0 Å². The average Bonchev–Trinajstić information content (AvgIpc) is 2.29. The van der Waals surface area contributed by atoms with E-state index in [1.807, 2.05) is 0 Å². The van der Waals surface area contributed by atoms with E-state index < -0.39 is 0 Å². The zero-order valence-corrected chi connectivity index (χ0v) is 10.00. The van der Waals surface area contributed by atoms with Gasteiger partial charge in [-0.2, -0.15) is 15.0 Å². The lowest BCUT2D eigenvalue weighted by Gasteiger charge is -2.21. The smallest absolute Gasteiger partial charge is 0.322 e. The minimum atomic E-state index is 0.158. The maximum absolute atomic E-state index is 5.76. The van der Waals surface area contributed by atoms with Gasteiger partial charge in [0.1, 0.15) is 6.10 Å². The van der Waals surface area contributed by atoms with Gasteiger partial charge in [-0.3, -0.25) is 0 Å². The van der Waals surface area contributed by atoms with E-state index in [1.165, 1.54) is 19.3 Å². The largest absolute Gasteiger partial charge is 0.460 e. The Balaban J connectivity index is 2.04. The molecule has 1 aromatic rings. The van der Waals surface area contributed by atoms with Crippen LogP contribution in [0.25, 0.3) is 0 Å². The molecule has 1 heterocycles. The molecule has 0 amide bonds. The fourth-order valence-corrected chi connectivity index (χ4v) is 1.98. The van der Waals surface area contributed by atoms with Gasteiger partial charge in [0, 0.05) is 7.05 Å². The molecule has 0 bridgehead atoms. The van der Waals surface area contributed by atoms with Crippen LogP contribution in [0.1, 0.15) is 32.1 Å².